The van der Waals surface area contributed by atoms with E-state index in [4.69, 9.17) is 18.9 Å². The molecule has 1 aliphatic carbocycles. The van der Waals surface area contributed by atoms with Crippen LogP contribution in [0.1, 0.15) is 63.4 Å². The summed E-state index contributed by atoms with van der Waals surface area (Å²) < 4.78 is 21.8. The summed E-state index contributed by atoms with van der Waals surface area (Å²) in [5.74, 6) is -0.821. The molecule has 4 rings (SSSR count). The van der Waals surface area contributed by atoms with E-state index in [1.54, 1.807) is 12.1 Å². The lowest BCUT2D eigenvalue weighted by Gasteiger charge is -2.28. The number of carbonyl (C=O) groups is 6. The van der Waals surface area contributed by atoms with Gasteiger partial charge in [0.25, 0.3) is 0 Å². The minimum atomic E-state index is -0.221. The summed E-state index contributed by atoms with van der Waals surface area (Å²) in [4.78, 5) is 75.1. The third kappa shape index (κ3) is 12.9. The molecule has 1 aromatic carbocycles. The molecule has 14 heteroatoms. The molecule has 1 atom stereocenters. The highest BCUT2D eigenvalue weighted by Gasteiger charge is 2.43. The summed E-state index contributed by atoms with van der Waals surface area (Å²) >= 11 is 0. The van der Waals surface area contributed by atoms with E-state index in [-0.39, 0.29) is 80.2 Å². The minimum absolute atomic E-state index is 0.0892. The van der Waals surface area contributed by atoms with E-state index in [2.05, 4.69) is 10.6 Å². The van der Waals surface area contributed by atoms with Crippen molar-refractivity contribution in [1.29, 1.82) is 0 Å². The second kappa shape index (κ2) is 20.7. The Labute approximate surface area is 287 Å². The van der Waals surface area contributed by atoms with Gasteiger partial charge in [-0.3, -0.25) is 38.6 Å². The molecule has 2 N–H and O–H groups in total. The number of aryl methyl sites for hydroxylation is 1. The molecule has 2 aliphatic heterocycles. The molecule has 3 aliphatic rings. The fourth-order valence-electron chi connectivity index (χ4n) is 6.11. The highest BCUT2D eigenvalue weighted by atomic mass is 16.6. The van der Waals surface area contributed by atoms with Crippen LogP contribution >= 0.6 is 0 Å². The summed E-state index contributed by atoms with van der Waals surface area (Å²) in [5.41, 5.74) is 1.62. The number of ether oxygens (including phenoxy) is 4. The minimum Gasteiger partial charge on any atom is -0.379 e. The van der Waals surface area contributed by atoms with E-state index in [9.17, 15) is 28.8 Å². The van der Waals surface area contributed by atoms with Crippen molar-refractivity contribution in [3.63, 3.8) is 0 Å². The SMILES string of the molecule is O=C(CCN1C(=O)CC(C2CCCC2)C1=O)NCCOCCOCCOCCOCCC(=O)Nc1ccc(CCC(=O)N2CCC2=O)cc1. The van der Waals surface area contributed by atoms with Crippen molar-refractivity contribution in [1.82, 2.24) is 15.1 Å². The number of anilines is 1. The molecule has 49 heavy (non-hydrogen) atoms. The van der Waals surface area contributed by atoms with Gasteiger partial charge < -0.3 is 29.6 Å². The summed E-state index contributed by atoms with van der Waals surface area (Å²) in [5, 5.41) is 5.57. The highest BCUT2D eigenvalue weighted by molar-refractivity contribution is 6.04. The zero-order valence-electron chi connectivity index (χ0n) is 28.3. The monoisotopic (exact) mass is 686 g/mol. The van der Waals surface area contributed by atoms with Gasteiger partial charge in [-0.2, -0.15) is 0 Å². The average molecular weight is 687 g/mol. The zero-order valence-corrected chi connectivity index (χ0v) is 28.3. The van der Waals surface area contributed by atoms with E-state index >= 15 is 0 Å². The van der Waals surface area contributed by atoms with Gasteiger partial charge in [0.1, 0.15) is 0 Å². The van der Waals surface area contributed by atoms with Gasteiger partial charge in [0.05, 0.1) is 65.2 Å². The van der Waals surface area contributed by atoms with Crippen LogP contribution < -0.4 is 10.6 Å². The first-order valence-electron chi connectivity index (χ1n) is 17.5. The Morgan fingerprint density at radius 2 is 1.37 bits per heavy atom. The Bertz CT molecular complexity index is 1270. The molecular formula is C35H50N4O10. The number of hydrogen-bond acceptors (Lipinski definition) is 10. The summed E-state index contributed by atoms with van der Waals surface area (Å²) in [6, 6.07) is 7.28. The topological polar surface area (TPSA) is 170 Å². The molecule has 14 nitrogen and oxygen atoms in total. The fraction of sp³-hybridized carbons (Fsp3) is 0.657. The van der Waals surface area contributed by atoms with Crippen molar-refractivity contribution in [3.8, 4) is 0 Å². The fourth-order valence-corrected chi connectivity index (χ4v) is 6.11. The van der Waals surface area contributed by atoms with Crippen LogP contribution in [0.25, 0.3) is 0 Å². The van der Waals surface area contributed by atoms with Crippen LogP contribution in [-0.2, 0) is 54.1 Å². The zero-order chi connectivity index (χ0) is 34.8. The number of benzene rings is 1. The molecule has 6 amide bonds. The van der Waals surface area contributed by atoms with E-state index in [1.807, 2.05) is 12.1 Å². The van der Waals surface area contributed by atoms with Gasteiger partial charge in [-0.1, -0.05) is 25.0 Å². The standard InChI is InChI=1S/C35H50N4O10/c40-30(11-15-39-34(44)25-29(35(39)45)27-3-1-2-4-27)36-14-18-47-20-22-49-24-23-48-21-19-46-17-13-31(41)37-28-8-5-26(6-9-28)7-10-32(42)38-16-12-33(38)43/h5-6,8-9,27,29H,1-4,7,10-25H2,(H,36,40)(H,37,41). The largest absolute Gasteiger partial charge is 0.379 e. The first-order valence-corrected chi connectivity index (χ1v) is 17.5. The normalized spacial score (nSPS) is 17.9. The van der Waals surface area contributed by atoms with E-state index in [0.717, 1.165) is 31.2 Å². The molecule has 0 radical (unpaired) electrons. The molecule has 1 unspecified atom stereocenters. The van der Waals surface area contributed by atoms with Crippen LogP contribution in [0.2, 0.25) is 0 Å². The quantitative estimate of drug-likeness (QED) is 0.0984. The van der Waals surface area contributed by atoms with E-state index < -0.39 is 0 Å². The van der Waals surface area contributed by atoms with Crippen molar-refractivity contribution in [2.24, 2.45) is 11.8 Å². The number of hydrogen-bond donors (Lipinski definition) is 2. The van der Waals surface area contributed by atoms with Gasteiger partial charge in [-0.25, -0.2) is 0 Å². The predicted octanol–water partition coefficient (Wildman–Crippen LogP) is 1.84. The number of nitrogens with one attached hydrogen (secondary N) is 2. The van der Waals surface area contributed by atoms with Crippen LogP contribution in [0.3, 0.4) is 0 Å². The van der Waals surface area contributed by atoms with E-state index in [1.165, 1.54) is 9.80 Å². The molecule has 1 aromatic rings. The predicted molar refractivity (Wildman–Crippen MR) is 177 cm³/mol. The molecule has 2 saturated heterocycles. The number of imide groups is 2. The summed E-state index contributed by atoms with van der Waals surface area (Å²) in [7, 11) is 0. The summed E-state index contributed by atoms with van der Waals surface area (Å²) in [6.07, 6.45) is 6.09. The van der Waals surface area contributed by atoms with E-state index in [0.29, 0.717) is 83.8 Å². The molecule has 3 fully saturated rings. The second-order valence-electron chi connectivity index (χ2n) is 12.5. The number of carbonyl (C=O) groups excluding carboxylic acids is 6. The Balaban J connectivity index is 0.885. The maximum atomic E-state index is 12.6. The maximum absolute atomic E-state index is 12.6. The molecule has 0 aromatic heterocycles. The van der Waals surface area contributed by atoms with Gasteiger partial charge >= 0.3 is 0 Å². The van der Waals surface area contributed by atoms with Gasteiger partial charge in [-0.15, -0.1) is 0 Å². The van der Waals surface area contributed by atoms with Crippen LogP contribution in [-0.4, -0.2) is 118 Å². The van der Waals surface area contributed by atoms with Gasteiger partial charge in [-0.05, 0) is 42.9 Å². The van der Waals surface area contributed by atoms with Crippen LogP contribution in [0.5, 0.6) is 0 Å². The Kier molecular flexibility index (Phi) is 16.1. The lowest BCUT2D eigenvalue weighted by molar-refractivity contribution is -0.152. The third-order valence-corrected chi connectivity index (χ3v) is 8.98. The maximum Gasteiger partial charge on any atom is 0.233 e. The second-order valence-corrected chi connectivity index (χ2v) is 12.5. The molecule has 2 heterocycles. The first-order chi connectivity index (χ1) is 23.8. The molecule has 270 valence electrons. The van der Waals surface area contributed by atoms with Gasteiger partial charge in [0.2, 0.25) is 35.4 Å². The Morgan fingerprint density at radius 3 is 1.98 bits per heavy atom. The molecule has 0 bridgehead atoms. The number of likely N-dealkylation sites (tertiary alicyclic amines) is 2. The Morgan fingerprint density at radius 1 is 0.735 bits per heavy atom. The lowest BCUT2D eigenvalue weighted by atomic mass is 9.89. The smallest absolute Gasteiger partial charge is 0.233 e. The van der Waals surface area contributed by atoms with Crippen LogP contribution in [0, 0.1) is 11.8 Å². The molecule has 0 spiro atoms. The number of β-lactam (4-membered cyclic amide) rings is 1. The Hall–Kier alpha value is -3.72. The van der Waals surface area contributed by atoms with Crippen molar-refractivity contribution >= 4 is 41.1 Å². The van der Waals surface area contributed by atoms with Crippen molar-refractivity contribution < 1.29 is 47.7 Å². The van der Waals surface area contributed by atoms with Crippen LogP contribution in [0.4, 0.5) is 5.69 Å². The molecular weight excluding hydrogens is 636 g/mol. The van der Waals surface area contributed by atoms with Gasteiger partial charge in [0, 0.05) is 51.0 Å². The molecule has 1 saturated carbocycles. The first kappa shape index (κ1) is 38.1. The summed E-state index contributed by atoms with van der Waals surface area (Å²) in [6.45, 7) is 3.82. The number of amides is 6. The lowest BCUT2D eigenvalue weighted by Crippen LogP contribution is -2.47. The van der Waals surface area contributed by atoms with Gasteiger partial charge in [0.15, 0.2) is 0 Å². The van der Waals surface area contributed by atoms with Crippen LogP contribution in [0.15, 0.2) is 24.3 Å². The average Bonchev–Trinajstić information content (AvgIpc) is 3.72. The number of nitrogens with zero attached hydrogens (tertiary/aromatic N) is 2. The van der Waals surface area contributed by atoms with Crippen molar-refractivity contribution in [2.45, 2.75) is 64.2 Å². The third-order valence-electron chi connectivity index (χ3n) is 8.98. The van der Waals surface area contributed by atoms with Crippen molar-refractivity contribution in [2.75, 3.05) is 77.8 Å². The van der Waals surface area contributed by atoms with Crippen molar-refractivity contribution in [3.05, 3.63) is 29.8 Å². The number of rotatable bonds is 23. The highest BCUT2D eigenvalue weighted by Crippen LogP contribution is 2.37.